The molecule has 1 aliphatic rings. The van der Waals surface area contributed by atoms with Crippen LogP contribution in [-0.2, 0) is 13.1 Å². The molecule has 2 aromatic carbocycles. The summed E-state index contributed by atoms with van der Waals surface area (Å²) in [6.07, 6.45) is 3.10. The van der Waals surface area contributed by atoms with E-state index >= 15 is 0 Å². The van der Waals surface area contributed by atoms with Crippen molar-refractivity contribution in [2.45, 2.75) is 26.9 Å². The SMILES string of the molecule is Cc1ccc(C)c(N2C(=O)c3ccc(C(=O)N(Cc4ccco4)Cc4ccco4)cc3C2=O)c1. The molecule has 1 aliphatic heterocycles. The number of anilines is 1. The molecular formula is C27H22N2O5. The number of amides is 3. The first kappa shape index (κ1) is 21.5. The molecule has 170 valence electrons. The lowest BCUT2D eigenvalue weighted by molar-refractivity contribution is 0.0704. The number of benzene rings is 2. The van der Waals surface area contributed by atoms with E-state index in [4.69, 9.17) is 8.83 Å². The number of nitrogens with zero attached hydrogens (tertiary/aromatic N) is 2. The molecule has 3 amide bonds. The molecule has 5 rings (SSSR count). The maximum atomic E-state index is 13.5. The van der Waals surface area contributed by atoms with Gasteiger partial charge >= 0.3 is 0 Å². The van der Waals surface area contributed by atoms with E-state index in [1.165, 1.54) is 11.0 Å². The summed E-state index contributed by atoms with van der Waals surface area (Å²) >= 11 is 0. The van der Waals surface area contributed by atoms with Crippen LogP contribution in [-0.4, -0.2) is 22.6 Å². The molecule has 0 spiro atoms. The Bertz CT molecular complexity index is 1350. The summed E-state index contributed by atoms with van der Waals surface area (Å²) in [6, 6.07) is 17.3. The second kappa shape index (κ2) is 8.51. The molecule has 7 heteroatoms. The molecule has 0 aliphatic carbocycles. The summed E-state index contributed by atoms with van der Waals surface area (Å²) in [5, 5.41) is 0. The van der Waals surface area contributed by atoms with Crippen molar-refractivity contribution in [3.63, 3.8) is 0 Å². The molecular weight excluding hydrogens is 432 g/mol. The van der Waals surface area contributed by atoms with Crippen LogP contribution in [0.5, 0.6) is 0 Å². The van der Waals surface area contributed by atoms with Gasteiger partial charge in [0.15, 0.2) is 0 Å². The normalized spacial score (nSPS) is 12.8. The van der Waals surface area contributed by atoms with E-state index in [9.17, 15) is 14.4 Å². The fourth-order valence-electron chi connectivity index (χ4n) is 4.12. The van der Waals surface area contributed by atoms with Gasteiger partial charge in [-0.3, -0.25) is 14.4 Å². The number of carbonyl (C=O) groups excluding carboxylic acids is 3. The lowest BCUT2D eigenvalue weighted by atomic mass is 10.0. The minimum absolute atomic E-state index is 0.215. The van der Waals surface area contributed by atoms with Gasteiger partial charge in [-0.25, -0.2) is 4.90 Å². The van der Waals surface area contributed by atoms with E-state index in [0.29, 0.717) is 22.8 Å². The summed E-state index contributed by atoms with van der Waals surface area (Å²) in [5.41, 5.74) is 3.12. The second-order valence-electron chi connectivity index (χ2n) is 8.32. The predicted molar refractivity (Wildman–Crippen MR) is 124 cm³/mol. The highest BCUT2D eigenvalue weighted by molar-refractivity contribution is 6.35. The van der Waals surface area contributed by atoms with E-state index in [0.717, 1.165) is 11.1 Å². The van der Waals surface area contributed by atoms with Crippen LogP contribution in [0.3, 0.4) is 0 Å². The molecule has 0 radical (unpaired) electrons. The highest BCUT2D eigenvalue weighted by Gasteiger charge is 2.38. The molecule has 3 heterocycles. The maximum absolute atomic E-state index is 13.5. The quantitative estimate of drug-likeness (QED) is 0.377. The van der Waals surface area contributed by atoms with Crippen LogP contribution in [0.25, 0.3) is 0 Å². The number of rotatable bonds is 6. The molecule has 7 nitrogen and oxygen atoms in total. The van der Waals surface area contributed by atoms with Crippen molar-refractivity contribution >= 4 is 23.4 Å². The van der Waals surface area contributed by atoms with E-state index < -0.39 is 11.8 Å². The van der Waals surface area contributed by atoms with Crippen LogP contribution in [0.1, 0.15) is 53.7 Å². The zero-order valence-corrected chi connectivity index (χ0v) is 18.8. The molecule has 0 atom stereocenters. The fraction of sp³-hybridized carbons (Fsp3) is 0.148. The van der Waals surface area contributed by atoms with Crippen LogP contribution in [0, 0.1) is 13.8 Å². The Balaban J connectivity index is 1.47. The first-order valence-corrected chi connectivity index (χ1v) is 10.9. The number of carbonyl (C=O) groups is 3. The summed E-state index contributed by atoms with van der Waals surface area (Å²) < 4.78 is 10.9. The molecule has 0 fully saturated rings. The monoisotopic (exact) mass is 454 g/mol. The summed E-state index contributed by atoms with van der Waals surface area (Å²) in [4.78, 5) is 42.6. The van der Waals surface area contributed by atoms with Crippen LogP contribution in [0.2, 0.25) is 0 Å². The molecule has 0 bridgehead atoms. The van der Waals surface area contributed by atoms with Gasteiger partial charge < -0.3 is 13.7 Å². The van der Waals surface area contributed by atoms with Crippen molar-refractivity contribution < 1.29 is 23.2 Å². The average Bonchev–Trinajstić information content (AvgIpc) is 3.58. The number of hydrogen-bond acceptors (Lipinski definition) is 5. The van der Waals surface area contributed by atoms with E-state index in [1.807, 2.05) is 32.0 Å². The lowest BCUT2D eigenvalue weighted by Crippen LogP contribution is -2.30. The Morgan fingerprint density at radius 3 is 2.09 bits per heavy atom. The molecule has 34 heavy (non-hydrogen) atoms. The Kier molecular flexibility index (Phi) is 5.37. The average molecular weight is 454 g/mol. The minimum atomic E-state index is -0.438. The summed E-state index contributed by atoms with van der Waals surface area (Å²) in [6.45, 7) is 4.22. The maximum Gasteiger partial charge on any atom is 0.266 e. The van der Waals surface area contributed by atoms with Crippen molar-refractivity contribution in [2.75, 3.05) is 4.90 Å². The van der Waals surface area contributed by atoms with Gasteiger partial charge in [-0.15, -0.1) is 0 Å². The van der Waals surface area contributed by atoms with Gasteiger partial charge in [0.2, 0.25) is 0 Å². The number of fused-ring (bicyclic) bond motifs is 1. The Labute approximate surface area is 196 Å². The van der Waals surface area contributed by atoms with Gasteiger partial charge in [-0.1, -0.05) is 12.1 Å². The Morgan fingerprint density at radius 1 is 0.824 bits per heavy atom. The molecule has 0 unspecified atom stereocenters. The second-order valence-corrected chi connectivity index (χ2v) is 8.32. The smallest absolute Gasteiger partial charge is 0.266 e. The van der Waals surface area contributed by atoms with Crippen molar-refractivity contribution in [3.05, 3.63) is 113 Å². The number of imide groups is 1. The van der Waals surface area contributed by atoms with Gasteiger partial charge in [0.05, 0.1) is 42.4 Å². The lowest BCUT2D eigenvalue weighted by Gasteiger charge is -2.21. The molecule has 4 aromatic rings. The van der Waals surface area contributed by atoms with Crippen molar-refractivity contribution in [1.29, 1.82) is 0 Å². The first-order valence-electron chi connectivity index (χ1n) is 10.9. The third kappa shape index (κ3) is 3.81. The molecule has 0 N–H and O–H groups in total. The van der Waals surface area contributed by atoms with Gasteiger partial charge in [-0.05, 0) is 73.5 Å². The minimum Gasteiger partial charge on any atom is -0.467 e. The van der Waals surface area contributed by atoms with Crippen molar-refractivity contribution in [2.24, 2.45) is 0 Å². The van der Waals surface area contributed by atoms with E-state index in [2.05, 4.69) is 0 Å². The Morgan fingerprint density at radius 2 is 1.47 bits per heavy atom. The van der Waals surface area contributed by atoms with Crippen molar-refractivity contribution in [1.82, 2.24) is 4.90 Å². The topological polar surface area (TPSA) is 84.0 Å². The zero-order valence-electron chi connectivity index (χ0n) is 18.8. The predicted octanol–water partition coefficient (Wildman–Crippen LogP) is 5.13. The van der Waals surface area contributed by atoms with Crippen LogP contribution >= 0.6 is 0 Å². The van der Waals surface area contributed by atoms with Crippen LogP contribution in [0.15, 0.2) is 82.0 Å². The molecule has 0 saturated heterocycles. The van der Waals surface area contributed by atoms with Crippen molar-refractivity contribution in [3.8, 4) is 0 Å². The standard InChI is InChI=1S/C27H22N2O5/c1-17-7-8-18(2)24(13-17)29-26(31)22-10-9-19(14-23(22)27(29)32)25(30)28(15-20-5-3-11-33-20)16-21-6-4-12-34-21/h3-14H,15-16H2,1-2H3. The number of furan rings is 2. The highest BCUT2D eigenvalue weighted by atomic mass is 16.3. The van der Waals surface area contributed by atoms with Crippen LogP contribution < -0.4 is 4.90 Å². The van der Waals surface area contributed by atoms with Gasteiger partial charge in [-0.2, -0.15) is 0 Å². The van der Waals surface area contributed by atoms with Gasteiger partial charge in [0.1, 0.15) is 11.5 Å². The number of aryl methyl sites for hydroxylation is 2. The summed E-state index contributed by atoms with van der Waals surface area (Å²) in [5.74, 6) is 0.102. The fourth-order valence-corrected chi connectivity index (χ4v) is 4.12. The van der Waals surface area contributed by atoms with Gasteiger partial charge in [0.25, 0.3) is 17.7 Å². The number of hydrogen-bond donors (Lipinski definition) is 0. The van der Waals surface area contributed by atoms with E-state index in [1.54, 1.807) is 53.8 Å². The molecule has 0 saturated carbocycles. The summed E-state index contributed by atoms with van der Waals surface area (Å²) in [7, 11) is 0. The largest absolute Gasteiger partial charge is 0.467 e. The first-order chi connectivity index (χ1) is 16.4. The van der Waals surface area contributed by atoms with Gasteiger partial charge in [0, 0.05) is 5.56 Å². The molecule has 2 aromatic heterocycles. The van der Waals surface area contributed by atoms with Crippen LogP contribution in [0.4, 0.5) is 5.69 Å². The van der Waals surface area contributed by atoms with E-state index in [-0.39, 0.29) is 30.1 Å². The zero-order chi connectivity index (χ0) is 23.8. The Hall–Kier alpha value is -4.39. The highest BCUT2D eigenvalue weighted by Crippen LogP contribution is 2.32. The third-order valence-electron chi connectivity index (χ3n) is 5.88. The third-order valence-corrected chi connectivity index (χ3v) is 5.88.